The van der Waals surface area contributed by atoms with Gasteiger partial charge >= 0.3 is 12.1 Å². The molecule has 6 nitrogen and oxygen atoms in total. The Morgan fingerprint density at radius 3 is 2.50 bits per heavy atom. The van der Waals surface area contributed by atoms with Gasteiger partial charge in [0, 0.05) is 25.0 Å². The maximum Gasteiger partial charge on any atom is 0.410 e. The second-order valence-corrected chi connectivity index (χ2v) is 6.89. The Balaban J connectivity index is 2.04. The van der Waals surface area contributed by atoms with Crippen molar-refractivity contribution in [3.63, 3.8) is 0 Å². The maximum absolute atomic E-state index is 12.1. The second-order valence-electron chi connectivity index (χ2n) is 6.89. The minimum atomic E-state index is -0.613. The summed E-state index contributed by atoms with van der Waals surface area (Å²) in [4.78, 5) is 25.7. The lowest BCUT2D eigenvalue weighted by atomic mass is 9.92. The third kappa shape index (κ3) is 2.26. The Kier molecular flexibility index (Phi) is 3.48. The van der Waals surface area contributed by atoms with Crippen LogP contribution in [0.1, 0.15) is 33.6 Å². The highest BCUT2D eigenvalue weighted by Gasteiger charge is 2.73. The van der Waals surface area contributed by atoms with Crippen LogP contribution >= 0.6 is 0 Å². The molecule has 0 unspecified atom stereocenters. The largest absolute Gasteiger partial charge is 0.469 e. The van der Waals surface area contributed by atoms with Gasteiger partial charge in [-0.3, -0.25) is 4.79 Å². The van der Waals surface area contributed by atoms with E-state index in [1.807, 2.05) is 20.8 Å². The van der Waals surface area contributed by atoms with Crippen LogP contribution in [0.5, 0.6) is 0 Å². The van der Waals surface area contributed by atoms with Crippen LogP contribution in [0.2, 0.25) is 0 Å². The fraction of sp³-hybridized carbons (Fsp3) is 0.857. The molecule has 0 aromatic rings. The van der Waals surface area contributed by atoms with Gasteiger partial charge in [-0.05, 0) is 33.6 Å². The smallest absolute Gasteiger partial charge is 0.410 e. The van der Waals surface area contributed by atoms with Gasteiger partial charge in [0.25, 0.3) is 0 Å². The first kappa shape index (κ1) is 15.1. The van der Waals surface area contributed by atoms with Gasteiger partial charge < -0.3 is 20.1 Å². The van der Waals surface area contributed by atoms with Gasteiger partial charge in [-0.2, -0.15) is 0 Å². The second kappa shape index (κ2) is 4.62. The Labute approximate surface area is 119 Å². The number of methoxy groups -OCH3 is 1. The van der Waals surface area contributed by atoms with E-state index >= 15 is 0 Å². The lowest BCUT2D eigenvalue weighted by Crippen LogP contribution is -2.37. The van der Waals surface area contributed by atoms with Gasteiger partial charge in [0.1, 0.15) is 5.60 Å². The fourth-order valence-corrected chi connectivity index (χ4v) is 3.28. The highest BCUT2D eigenvalue weighted by atomic mass is 16.6. The normalized spacial score (nSPS) is 32.4. The molecular weight excluding hydrogens is 260 g/mol. The summed E-state index contributed by atoms with van der Waals surface area (Å²) in [6.45, 7) is 6.91. The zero-order valence-corrected chi connectivity index (χ0v) is 12.7. The standard InChI is InChI=1S/C14H24N2O4/c1-12(2,3)20-11(18)16-6-5-13(9-16)7-14(13,8-15)10(17)19-4/h5-9,15H2,1-4H3/t13-,14+/m0/s1. The minimum absolute atomic E-state index is 0.217. The first-order valence-electron chi connectivity index (χ1n) is 6.96. The third-order valence-corrected chi connectivity index (χ3v) is 4.46. The molecule has 0 aromatic heterocycles. The molecule has 1 amide bonds. The SMILES string of the molecule is COC(=O)[C@]1(CN)C[C@]12CCN(C(=O)OC(C)(C)C)C2. The van der Waals surface area contributed by atoms with Gasteiger partial charge in [0.15, 0.2) is 0 Å². The third-order valence-electron chi connectivity index (χ3n) is 4.46. The molecule has 0 bridgehead atoms. The van der Waals surface area contributed by atoms with Crippen molar-refractivity contribution in [3.05, 3.63) is 0 Å². The Hall–Kier alpha value is -1.30. The Morgan fingerprint density at radius 1 is 1.35 bits per heavy atom. The quantitative estimate of drug-likeness (QED) is 0.769. The summed E-state index contributed by atoms with van der Waals surface area (Å²) >= 11 is 0. The molecule has 0 aromatic carbocycles. The van der Waals surface area contributed by atoms with Crippen LogP contribution in [0.3, 0.4) is 0 Å². The molecule has 1 spiro atoms. The van der Waals surface area contributed by atoms with E-state index in [2.05, 4.69) is 0 Å². The van der Waals surface area contributed by atoms with Crippen LogP contribution in [0.4, 0.5) is 4.79 Å². The van der Waals surface area contributed by atoms with Crippen molar-refractivity contribution in [3.8, 4) is 0 Å². The fourth-order valence-electron chi connectivity index (χ4n) is 3.28. The lowest BCUT2D eigenvalue weighted by molar-refractivity contribution is -0.148. The number of nitrogens with zero attached hydrogens (tertiary/aromatic N) is 1. The number of carbonyl (C=O) groups excluding carboxylic acids is 2. The van der Waals surface area contributed by atoms with Gasteiger partial charge in [0.05, 0.1) is 12.5 Å². The molecule has 2 rings (SSSR count). The van der Waals surface area contributed by atoms with Gasteiger partial charge in [-0.1, -0.05) is 0 Å². The first-order valence-corrected chi connectivity index (χ1v) is 6.96. The summed E-state index contributed by atoms with van der Waals surface area (Å²) in [6.07, 6.45) is 1.15. The molecule has 1 saturated carbocycles. The average Bonchev–Trinajstić information content (AvgIpc) is 2.77. The maximum atomic E-state index is 12.1. The predicted octanol–water partition coefficient (Wildman–Crippen LogP) is 1.14. The van der Waals surface area contributed by atoms with Crippen molar-refractivity contribution in [2.45, 2.75) is 39.2 Å². The molecule has 2 fully saturated rings. The molecule has 1 heterocycles. The number of nitrogens with two attached hydrogens (primary N) is 1. The molecular formula is C14H24N2O4. The number of amides is 1. The predicted molar refractivity (Wildman–Crippen MR) is 73.0 cm³/mol. The molecule has 2 N–H and O–H groups in total. The van der Waals surface area contributed by atoms with Crippen LogP contribution in [0.15, 0.2) is 0 Å². The highest BCUT2D eigenvalue weighted by Crippen LogP contribution is 2.68. The van der Waals surface area contributed by atoms with Crippen molar-refractivity contribution in [2.75, 3.05) is 26.7 Å². The van der Waals surface area contributed by atoms with Crippen LogP contribution in [0.25, 0.3) is 0 Å². The molecule has 6 heteroatoms. The molecule has 2 atom stereocenters. The van der Waals surface area contributed by atoms with Crippen LogP contribution in [-0.2, 0) is 14.3 Å². The van der Waals surface area contributed by atoms with E-state index in [0.717, 1.165) is 6.42 Å². The first-order chi connectivity index (χ1) is 9.20. The van der Waals surface area contributed by atoms with E-state index in [1.54, 1.807) is 4.90 Å². The van der Waals surface area contributed by atoms with E-state index in [1.165, 1.54) is 7.11 Å². The van der Waals surface area contributed by atoms with E-state index in [4.69, 9.17) is 15.2 Å². The molecule has 1 aliphatic heterocycles. The molecule has 1 saturated heterocycles. The molecule has 20 heavy (non-hydrogen) atoms. The Bertz CT molecular complexity index is 431. The number of carbonyl (C=O) groups is 2. The summed E-state index contributed by atoms with van der Waals surface area (Å²) < 4.78 is 10.2. The monoisotopic (exact) mass is 284 g/mol. The number of hydrogen-bond acceptors (Lipinski definition) is 5. The molecule has 2 aliphatic rings. The van der Waals surface area contributed by atoms with Crippen molar-refractivity contribution in [2.24, 2.45) is 16.6 Å². The van der Waals surface area contributed by atoms with Crippen molar-refractivity contribution < 1.29 is 19.1 Å². The van der Waals surface area contributed by atoms with Gasteiger partial charge in [0.2, 0.25) is 0 Å². The number of ether oxygens (including phenoxy) is 2. The van der Waals surface area contributed by atoms with E-state index in [9.17, 15) is 9.59 Å². The van der Waals surface area contributed by atoms with E-state index < -0.39 is 11.0 Å². The van der Waals surface area contributed by atoms with E-state index in [0.29, 0.717) is 19.5 Å². The Morgan fingerprint density at radius 2 is 2.00 bits per heavy atom. The minimum Gasteiger partial charge on any atom is -0.469 e. The average molecular weight is 284 g/mol. The summed E-state index contributed by atoms with van der Waals surface area (Å²) in [5, 5.41) is 0. The van der Waals surface area contributed by atoms with Crippen molar-refractivity contribution in [1.82, 2.24) is 4.90 Å². The number of hydrogen-bond donors (Lipinski definition) is 1. The topological polar surface area (TPSA) is 81.9 Å². The van der Waals surface area contributed by atoms with E-state index in [-0.39, 0.29) is 24.0 Å². The van der Waals surface area contributed by atoms with Crippen molar-refractivity contribution in [1.29, 1.82) is 0 Å². The van der Waals surface area contributed by atoms with Crippen LogP contribution < -0.4 is 5.73 Å². The lowest BCUT2D eigenvalue weighted by Gasteiger charge is -2.25. The van der Waals surface area contributed by atoms with Gasteiger partial charge in [-0.25, -0.2) is 4.79 Å². The molecule has 114 valence electrons. The van der Waals surface area contributed by atoms with Gasteiger partial charge in [-0.15, -0.1) is 0 Å². The summed E-state index contributed by atoms with van der Waals surface area (Å²) in [6, 6.07) is 0. The summed E-state index contributed by atoms with van der Waals surface area (Å²) in [7, 11) is 1.38. The van der Waals surface area contributed by atoms with Crippen molar-refractivity contribution >= 4 is 12.1 Å². The number of likely N-dealkylation sites (tertiary alicyclic amines) is 1. The zero-order valence-electron chi connectivity index (χ0n) is 12.7. The summed E-state index contributed by atoms with van der Waals surface area (Å²) in [5.74, 6) is -0.258. The van der Waals surface area contributed by atoms with Crippen LogP contribution in [-0.4, -0.2) is 49.3 Å². The number of esters is 1. The summed E-state index contributed by atoms with van der Waals surface area (Å²) in [5.41, 5.74) is 4.45. The molecule has 0 radical (unpaired) electrons. The van der Waals surface area contributed by atoms with Crippen LogP contribution in [0, 0.1) is 10.8 Å². The zero-order chi connectivity index (χ0) is 15.2. The number of rotatable bonds is 2. The highest BCUT2D eigenvalue weighted by molar-refractivity contribution is 5.83. The molecule has 1 aliphatic carbocycles.